The molecule has 0 aromatic carbocycles. The quantitative estimate of drug-likeness (QED) is 0.680. The average molecular weight is 362 g/mol. The number of hydrogen-bond donors (Lipinski definition) is 0. The molecular formula is C19H30N4O3. The normalized spacial score (nSPS) is 26.5. The van der Waals surface area contributed by atoms with Crippen LogP contribution in [0.1, 0.15) is 51.4 Å². The van der Waals surface area contributed by atoms with Crippen LogP contribution < -0.4 is 0 Å². The zero-order valence-electron chi connectivity index (χ0n) is 15.7. The van der Waals surface area contributed by atoms with Gasteiger partial charge in [-0.3, -0.25) is 0 Å². The highest BCUT2D eigenvalue weighted by Gasteiger charge is 2.28. The van der Waals surface area contributed by atoms with Crippen LogP contribution in [0, 0.1) is 0 Å². The molecule has 1 aliphatic carbocycles. The summed E-state index contributed by atoms with van der Waals surface area (Å²) in [5.74, 6) is 0.918. The SMILES string of the molecule is CN1CN(CCCOC2CCCCO2)C=C2N=C(OC3CCCC3)N=C21. The summed E-state index contributed by atoms with van der Waals surface area (Å²) in [5.41, 5.74) is 0.906. The molecule has 1 unspecified atom stereocenters. The van der Waals surface area contributed by atoms with Gasteiger partial charge in [-0.05, 0) is 51.4 Å². The largest absolute Gasteiger partial charge is 0.460 e. The highest BCUT2D eigenvalue weighted by atomic mass is 16.7. The van der Waals surface area contributed by atoms with E-state index in [9.17, 15) is 0 Å². The van der Waals surface area contributed by atoms with Gasteiger partial charge < -0.3 is 24.0 Å². The van der Waals surface area contributed by atoms with E-state index in [-0.39, 0.29) is 6.29 Å². The van der Waals surface area contributed by atoms with Crippen LogP contribution in [0.2, 0.25) is 0 Å². The van der Waals surface area contributed by atoms with Gasteiger partial charge >= 0.3 is 6.02 Å². The molecule has 1 atom stereocenters. The molecule has 0 radical (unpaired) electrons. The van der Waals surface area contributed by atoms with Crippen molar-refractivity contribution in [3.63, 3.8) is 0 Å². The van der Waals surface area contributed by atoms with E-state index in [1.165, 1.54) is 19.3 Å². The Kier molecular flexibility index (Phi) is 5.75. The van der Waals surface area contributed by atoms with E-state index in [2.05, 4.69) is 33.0 Å². The fourth-order valence-electron chi connectivity index (χ4n) is 3.91. The van der Waals surface area contributed by atoms with Gasteiger partial charge in [-0.2, -0.15) is 9.98 Å². The topological polar surface area (TPSA) is 58.9 Å². The molecular weight excluding hydrogens is 332 g/mol. The van der Waals surface area contributed by atoms with Crippen LogP contribution in [-0.2, 0) is 14.2 Å². The number of amidine groups is 2. The number of rotatable bonds is 6. The molecule has 1 saturated heterocycles. The number of fused-ring (bicyclic) bond motifs is 1. The summed E-state index contributed by atoms with van der Waals surface area (Å²) in [6.07, 6.45) is 11.5. The molecule has 3 heterocycles. The molecule has 7 nitrogen and oxygen atoms in total. The number of nitrogens with zero attached hydrogens (tertiary/aromatic N) is 4. The third kappa shape index (κ3) is 4.38. The van der Waals surface area contributed by atoms with E-state index in [1.54, 1.807) is 0 Å². The predicted octanol–water partition coefficient (Wildman–Crippen LogP) is 2.69. The van der Waals surface area contributed by atoms with Gasteiger partial charge in [0.05, 0.1) is 13.3 Å². The van der Waals surface area contributed by atoms with Crippen LogP contribution in [0.4, 0.5) is 0 Å². The molecule has 3 aliphatic heterocycles. The van der Waals surface area contributed by atoms with Crippen molar-refractivity contribution < 1.29 is 14.2 Å². The summed E-state index contributed by atoms with van der Waals surface area (Å²) in [6, 6.07) is 0.532. The summed E-state index contributed by atoms with van der Waals surface area (Å²) in [7, 11) is 2.05. The van der Waals surface area contributed by atoms with Gasteiger partial charge in [0.2, 0.25) is 0 Å². The van der Waals surface area contributed by atoms with Crippen molar-refractivity contribution in [2.45, 2.75) is 63.8 Å². The first-order valence-electron chi connectivity index (χ1n) is 10.0. The second-order valence-electron chi connectivity index (χ2n) is 7.54. The Balaban J connectivity index is 1.25. The van der Waals surface area contributed by atoms with Crippen LogP contribution in [0.15, 0.2) is 21.9 Å². The number of likely N-dealkylation sites (N-methyl/N-ethyl adjacent to an activating group) is 1. The predicted molar refractivity (Wildman–Crippen MR) is 99.8 cm³/mol. The summed E-state index contributed by atoms with van der Waals surface area (Å²) in [4.78, 5) is 13.6. The fourth-order valence-corrected chi connectivity index (χ4v) is 3.91. The molecule has 26 heavy (non-hydrogen) atoms. The van der Waals surface area contributed by atoms with Crippen LogP contribution in [0.25, 0.3) is 0 Å². The number of ether oxygens (including phenoxy) is 3. The lowest BCUT2D eigenvalue weighted by molar-refractivity contribution is -0.163. The summed E-state index contributed by atoms with van der Waals surface area (Å²) in [6.45, 7) is 3.31. The third-order valence-corrected chi connectivity index (χ3v) is 5.31. The Morgan fingerprint density at radius 3 is 2.81 bits per heavy atom. The molecule has 0 N–H and O–H groups in total. The molecule has 4 rings (SSSR count). The minimum atomic E-state index is -0.000374. The minimum absolute atomic E-state index is 0.000374. The Bertz CT molecular complexity index is 577. The first-order chi connectivity index (χ1) is 12.8. The van der Waals surface area contributed by atoms with Crippen molar-refractivity contribution in [1.82, 2.24) is 9.80 Å². The van der Waals surface area contributed by atoms with E-state index in [1.807, 2.05) is 0 Å². The summed E-state index contributed by atoms with van der Waals surface area (Å²) in [5, 5.41) is 0. The zero-order chi connectivity index (χ0) is 17.8. The van der Waals surface area contributed by atoms with E-state index in [0.717, 1.165) is 70.1 Å². The van der Waals surface area contributed by atoms with Crippen LogP contribution in [0.5, 0.6) is 0 Å². The Morgan fingerprint density at radius 1 is 1.15 bits per heavy atom. The van der Waals surface area contributed by atoms with E-state index in [4.69, 9.17) is 14.2 Å². The monoisotopic (exact) mass is 362 g/mol. The Labute approximate surface area is 155 Å². The van der Waals surface area contributed by atoms with Crippen molar-refractivity contribution in [3.05, 3.63) is 11.9 Å². The van der Waals surface area contributed by atoms with Crippen LogP contribution in [-0.4, -0.2) is 67.5 Å². The van der Waals surface area contributed by atoms with E-state index >= 15 is 0 Å². The second-order valence-corrected chi connectivity index (χ2v) is 7.54. The number of hydrogen-bond acceptors (Lipinski definition) is 7. The highest BCUT2D eigenvalue weighted by molar-refractivity contribution is 6.10. The van der Waals surface area contributed by atoms with Gasteiger partial charge in [-0.1, -0.05) is 0 Å². The highest BCUT2D eigenvalue weighted by Crippen LogP contribution is 2.25. The van der Waals surface area contributed by atoms with Crippen molar-refractivity contribution >= 4 is 11.9 Å². The second kappa shape index (κ2) is 8.39. The van der Waals surface area contributed by atoms with Crippen LogP contribution >= 0.6 is 0 Å². The molecule has 144 valence electrons. The van der Waals surface area contributed by atoms with Gasteiger partial charge in [0.1, 0.15) is 11.8 Å². The van der Waals surface area contributed by atoms with Gasteiger partial charge in [0.25, 0.3) is 0 Å². The Morgan fingerprint density at radius 2 is 2.00 bits per heavy atom. The van der Waals surface area contributed by atoms with E-state index in [0.29, 0.717) is 12.1 Å². The molecule has 1 saturated carbocycles. The standard InChI is InChI=1S/C19H30N4O3/c1-22-14-23(10-6-12-25-17-9-4-5-11-24-17)13-16-18(22)21-19(20-16)26-15-7-2-3-8-15/h13,15,17H,2-12,14H2,1H3. The molecule has 7 heteroatoms. The number of aliphatic imine (C=N–C) groups is 2. The minimum Gasteiger partial charge on any atom is -0.460 e. The van der Waals surface area contributed by atoms with Crippen molar-refractivity contribution in [1.29, 1.82) is 0 Å². The molecule has 0 aromatic heterocycles. The maximum Gasteiger partial charge on any atom is 0.319 e. The van der Waals surface area contributed by atoms with Gasteiger partial charge in [0, 0.05) is 26.4 Å². The summed E-state index contributed by atoms with van der Waals surface area (Å²) >= 11 is 0. The van der Waals surface area contributed by atoms with Crippen LogP contribution in [0.3, 0.4) is 0 Å². The molecule has 4 aliphatic rings. The lowest BCUT2D eigenvalue weighted by Crippen LogP contribution is -2.41. The lowest BCUT2D eigenvalue weighted by atomic mass is 10.2. The van der Waals surface area contributed by atoms with Gasteiger partial charge in [0.15, 0.2) is 12.1 Å². The zero-order valence-corrected chi connectivity index (χ0v) is 15.7. The van der Waals surface area contributed by atoms with Gasteiger partial charge in [-0.25, -0.2) is 0 Å². The van der Waals surface area contributed by atoms with Crippen molar-refractivity contribution in [3.8, 4) is 0 Å². The first kappa shape index (κ1) is 17.8. The smallest absolute Gasteiger partial charge is 0.319 e. The molecule has 0 amide bonds. The molecule has 2 fully saturated rings. The van der Waals surface area contributed by atoms with Crippen molar-refractivity contribution in [2.75, 3.05) is 33.5 Å². The molecule has 0 bridgehead atoms. The van der Waals surface area contributed by atoms with Gasteiger partial charge in [-0.15, -0.1) is 0 Å². The maximum atomic E-state index is 5.96. The Hall–Kier alpha value is -1.60. The molecule has 0 spiro atoms. The summed E-state index contributed by atoms with van der Waals surface area (Å²) < 4.78 is 17.4. The fraction of sp³-hybridized carbons (Fsp3) is 0.789. The maximum absolute atomic E-state index is 5.96. The lowest BCUT2D eigenvalue weighted by Gasteiger charge is -2.32. The van der Waals surface area contributed by atoms with E-state index < -0.39 is 0 Å². The first-order valence-corrected chi connectivity index (χ1v) is 10.0. The van der Waals surface area contributed by atoms with Crippen molar-refractivity contribution in [2.24, 2.45) is 9.98 Å². The third-order valence-electron chi connectivity index (χ3n) is 5.31. The molecule has 0 aromatic rings. The average Bonchev–Trinajstić information content (AvgIpc) is 3.30.